The molecule has 0 aromatic carbocycles. The summed E-state index contributed by atoms with van der Waals surface area (Å²) in [5.41, 5.74) is 6.60. The Labute approximate surface area is 96.8 Å². The van der Waals surface area contributed by atoms with Crippen molar-refractivity contribution in [2.24, 2.45) is 5.92 Å². The van der Waals surface area contributed by atoms with Gasteiger partial charge in [-0.1, -0.05) is 13.8 Å². The zero-order valence-electron chi connectivity index (χ0n) is 10.2. The van der Waals surface area contributed by atoms with Crippen LogP contribution in [0.3, 0.4) is 0 Å². The maximum Gasteiger partial charge on any atom is 0.166 e. The molecule has 0 saturated heterocycles. The summed E-state index contributed by atoms with van der Waals surface area (Å²) in [6.45, 7) is 7.95. The zero-order chi connectivity index (χ0) is 12.0. The fourth-order valence-corrected chi connectivity index (χ4v) is 1.22. The van der Waals surface area contributed by atoms with E-state index in [1.54, 1.807) is 0 Å². The van der Waals surface area contributed by atoms with Crippen LogP contribution in [0.15, 0.2) is 12.1 Å². The van der Waals surface area contributed by atoms with Crippen LogP contribution in [0, 0.1) is 12.8 Å². The van der Waals surface area contributed by atoms with Crippen molar-refractivity contribution >= 4 is 5.82 Å². The fraction of sp³-hybridized carbons (Fsp3) is 0.583. The molecule has 1 rings (SSSR count). The van der Waals surface area contributed by atoms with Crippen molar-refractivity contribution < 1.29 is 9.47 Å². The summed E-state index contributed by atoms with van der Waals surface area (Å²) in [6.07, 6.45) is 0. The summed E-state index contributed by atoms with van der Waals surface area (Å²) < 4.78 is 10.9. The van der Waals surface area contributed by atoms with Crippen LogP contribution in [0.2, 0.25) is 0 Å². The summed E-state index contributed by atoms with van der Waals surface area (Å²) in [5.74, 6) is 1.61. The number of hydrogen-bond acceptors (Lipinski definition) is 4. The third-order valence-corrected chi connectivity index (χ3v) is 1.96. The minimum absolute atomic E-state index is 0.434. The Morgan fingerprint density at radius 1 is 1.31 bits per heavy atom. The van der Waals surface area contributed by atoms with Gasteiger partial charge in [-0.25, -0.2) is 4.98 Å². The molecule has 0 saturated carbocycles. The molecule has 0 radical (unpaired) electrons. The molecule has 0 unspecified atom stereocenters. The Bertz CT molecular complexity index is 327. The Hall–Kier alpha value is -1.29. The Morgan fingerprint density at radius 2 is 2.06 bits per heavy atom. The van der Waals surface area contributed by atoms with Crippen LogP contribution in [-0.4, -0.2) is 24.8 Å². The quantitative estimate of drug-likeness (QED) is 0.751. The zero-order valence-corrected chi connectivity index (χ0v) is 10.2. The van der Waals surface area contributed by atoms with Gasteiger partial charge in [0.1, 0.15) is 6.61 Å². The first-order chi connectivity index (χ1) is 7.59. The summed E-state index contributed by atoms with van der Waals surface area (Å²) in [4.78, 5) is 4.11. The summed E-state index contributed by atoms with van der Waals surface area (Å²) in [5, 5.41) is 0. The van der Waals surface area contributed by atoms with Gasteiger partial charge in [-0.2, -0.15) is 0 Å². The molecule has 1 aromatic rings. The molecule has 4 nitrogen and oxygen atoms in total. The normalized spacial score (nSPS) is 10.8. The van der Waals surface area contributed by atoms with E-state index in [1.807, 2.05) is 19.1 Å². The molecule has 0 amide bonds. The first-order valence-corrected chi connectivity index (χ1v) is 5.53. The van der Waals surface area contributed by atoms with E-state index < -0.39 is 0 Å². The summed E-state index contributed by atoms with van der Waals surface area (Å²) in [6, 6.07) is 3.71. The highest BCUT2D eigenvalue weighted by Gasteiger charge is 2.01. The van der Waals surface area contributed by atoms with Gasteiger partial charge in [0.25, 0.3) is 0 Å². The van der Waals surface area contributed by atoms with Crippen LogP contribution in [0.5, 0.6) is 5.75 Å². The van der Waals surface area contributed by atoms with Crippen LogP contribution in [-0.2, 0) is 4.74 Å². The van der Waals surface area contributed by atoms with Crippen molar-refractivity contribution in [3.05, 3.63) is 17.8 Å². The molecule has 1 heterocycles. The lowest BCUT2D eigenvalue weighted by atomic mass is 10.2. The lowest BCUT2D eigenvalue weighted by molar-refractivity contribution is 0.0820. The molecule has 0 spiro atoms. The molecule has 16 heavy (non-hydrogen) atoms. The first-order valence-electron chi connectivity index (χ1n) is 5.53. The number of aromatic nitrogens is 1. The molecule has 0 aliphatic heterocycles. The highest BCUT2D eigenvalue weighted by Crippen LogP contribution is 2.18. The topological polar surface area (TPSA) is 57.4 Å². The number of anilines is 1. The van der Waals surface area contributed by atoms with Crippen molar-refractivity contribution in [1.29, 1.82) is 0 Å². The minimum Gasteiger partial charge on any atom is -0.487 e. The third-order valence-electron chi connectivity index (χ3n) is 1.96. The average Bonchev–Trinajstić information content (AvgIpc) is 2.20. The lowest BCUT2D eigenvalue weighted by Gasteiger charge is -2.10. The molecule has 4 heteroatoms. The molecular formula is C12H20N2O2. The molecular weight excluding hydrogens is 204 g/mol. The number of aryl methyl sites for hydroxylation is 1. The smallest absolute Gasteiger partial charge is 0.166 e. The maximum atomic E-state index is 5.71. The van der Waals surface area contributed by atoms with Gasteiger partial charge in [0.15, 0.2) is 11.6 Å². The predicted molar refractivity (Wildman–Crippen MR) is 64.5 cm³/mol. The van der Waals surface area contributed by atoms with Crippen LogP contribution in [0.1, 0.15) is 19.5 Å². The van der Waals surface area contributed by atoms with Crippen LogP contribution < -0.4 is 10.5 Å². The molecule has 2 N–H and O–H groups in total. The van der Waals surface area contributed by atoms with E-state index in [-0.39, 0.29) is 0 Å². The van der Waals surface area contributed by atoms with Gasteiger partial charge < -0.3 is 15.2 Å². The predicted octanol–water partition coefficient (Wildman–Crippen LogP) is 2.02. The van der Waals surface area contributed by atoms with Gasteiger partial charge in [0.2, 0.25) is 0 Å². The second-order valence-electron chi connectivity index (χ2n) is 4.15. The molecule has 0 fully saturated rings. The molecule has 0 aliphatic carbocycles. The maximum absolute atomic E-state index is 5.71. The second kappa shape index (κ2) is 6.33. The van der Waals surface area contributed by atoms with E-state index in [4.69, 9.17) is 15.2 Å². The van der Waals surface area contributed by atoms with Gasteiger partial charge in [-0.3, -0.25) is 0 Å². The van der Waals surface area contributed by atoms with Crippen LogP contribution in [0.4, 0.5) is 5.82 Å². The second-order valence-corrected chi connectivity index (χ2v) is 4.15. The van der Waals surface area contributed by atoms with E-state index in [2.05, 4.69) is 18.8 Å². The SMILES string of the molecule is Cc1ccc(OCCOCC(C)C)c(N)n1. The summed E-state index contributed by atoms with van der Waals surface area (Å²) in [7, 11) is 0. The van der Waals surface area contributed by atoms with Crippen LogP contribution in [0.25, 0.3) is 0 Å². The van der Waals surface area contributed by atoms with E-state index in [0.717, 1.165) is 12.3 Å². The highest BCUT2D eigenvalue weighted by molar-refractivity contribution is 5.46. The van der Waals surface area contributed by atoms with E-state index >= 15 is 0 Å². The summed E-state index contributed by atoms with van der Waals surface area (Å²) >= 11 is 0. The molecule has 1 aromatic heterocycles. The van der Waals surface area contributed by atoms with Crippen LogP contribution >= 0.6 is 0 Å². The van der Waals surface area contributed by atoms with Crippen molar-refractivity contribution in [3.63, 3.8) is 0 Å². The van der Waals surface area contributed by atoms with Crippen molar-refractivity contribution in [2.45, 2.75) is 20.8 Å². The number of nitrogens with two attached hydrogens (primary N) is 1. The van der Waals surface area contributed by atoms with Gasteiger partial charge in [-0.05, 0) is 25.0 Å². The lowest BCUT2D eigenvalue weighted by Crippen LogP contribution is -2.11. The average molecular weight is 224 g/mol. The van der Waals surface area contributed by atoms with Gasteiger partial charge in [-0.15, -0.1) is 0 Å². The fourth-order valence-electron chi connectivity index (χ4n) is 1.22. The number of rotatable bonds is 6. The van der Waals surface area contributed by atoms with E-state index in [1.165, 1.54) is 0 Å². The Balaban J connectivity index is 2.27. The number of ether oxygens (including phenoxy) is 2. The van der Waals surface area contributed by atoms with Crippen molar-refractivity contribution in [3.8, 4) is 5.75 Å². The van der Waals surface area contributed by atoms with E-state index in [9.17, 15) is 0 Å². The largest absolute Gasteiger partial charge is 0.487 e. The molecule has 0 aliphatic rings. The molecule has 90 valence electrons. The van der Waals surface area contributed by atoms with E-state index in [0.29, 0.717) is 30.7 Å². The van der Waals surface area contributed by atoms with Gasteiger partial charge in [0, 0.05) is 12.3 Å². The van der Waals surface area contributed by atoms with Crippen molar-refractivity contribution in [1.82, 2.24) is 4.98 Å². The number of nitrogen functional groups attached to an aromatic ring is 1. The molecule has 0 atom stereocenters. The Morgan fingerprint density at radius 3 is 2.69 bits per heavy atom. The standard InChI is InChI=1S/C12H20N2O2/c1-9(2)8-15-6-7-16-11-5-4-10(3)14-12(11)13/h4-5,9H,6-8H2,1-3H3,(H2,13,14). The number of hydrogen-bond donors (Lipinski definition) is 1. The van der Waals surface area contributed by atoms with Gasteiger partial charge >= 0.3 is 0 Å². The minimum atomic E-state index is 0.434. The number of nitrogens with zero attached hydrogens (tertiary/aromatic N) is 1. The Kier molecular flexibility index (Phi) is 5.05. The highest BCUT2D eigenvalue weighted by atomic mass is 16.5. The first kappa shape index (κ1) is 12.8. The van der Waals surface area contributed by atoms with Gasteiger partial charge in [0.05, 0.1) is 6.61 Å². The molecule has 0 bridgehead atoms. The number of pyridine rings is 1. The van der Waals surface area contributed by atoms with Crippen molar-refractivity contribution in [2.75, 3.05) is 25.6 Å². The monoisotopic (exact) mass is 224 g/mol. The third kappa shape index (κ3) is 4.49.